The highest BCUT2D eigenvalue weighted by Crippen LogP contribution is 2.48. The van der Waals surface area contributed by atoms with Crippen LogP contribution in [0.5, 0.6) is 0 Å². The second-order valence-electron chi connectivity index (χ2n) is 6.24. The van der Waals surface area contributed by atoms with Gasteiger partial charge in [-0.15, -0.1) is 4.48 Å². The van der Waals surface area contributed by atoms with E-state index in [2.05, 4.69) is 0 Å². The van der Waals surface area contributed by atoms with E-state index in [9.17, 15) is 14.7 Å². The van der Waals surface area contributed by atoms with Gasteiger partial charge < -0.3 is 16.6 Å². The lowest BCUT2D eigenvalue weighted by atomic mass is 10.0. The molecule has 2 amide bonds. The lowest BCUT2D eigenvalue weighted by molar-refractivity contribution is 0.1000. The van der Waals surface area contributed by atoms with E-state index >= 15 is 0 Å². The summed E-state index contributed by atoms with van der Waals surface area (Å²) in [6, 6.07) is 13.7. The largest absolute Gasteiger partial charge is 0.528 e. The molecule has 5 N–H and O–H groups in total. The molecular weight excluding hydrogens is 318 g/mol. The van der Waals surface area contributed by atoms with Crippen molar-refractivity contribution >= 4 is 28.9 Å². The lowest BCUT2D eigenvalue weighted by Crippen LogP contribution is -2.43. The number of nitrogens with two attached hydrogens (primary N) is 2. The van der Waals surface area contributed by atoms with Gasteiger partial charge in [0.25, 0.3) is 5.91 Å². The Kier molecular flexibility index (Phi) is 4.16. The van der Waals surface area contributed by atoms with E-state index in [4.69, 9.17) is 11.5 Å². The average molecular weight is 338 g/mol. The monoisotopic (exact) mass is 338 g/mol. The normalized spacial score (nSPS) is 19.8. The predicted octanol–water partition coefficient (Wildman–Crippen LogP) is 3.19. The minimum atomic E-state index is -1.11. The van der Waals surface area contributed by atoms with Gasteiger partial charge in [0.2, 0.25) is 0 Å². The molecule has 3 rings (SSSR count). The summed E-state index contributed by atoms with van der Waals surface area (Å²) >= 11 is 0. The third-order valence-corrected chi connectivity index (χ3v) is 4.37. The molecule has 1 unspecified atom stereocenters. The molecule has 0 bridgehead atoms. The van der Waals surface area contributed by atoms with E-state index in [1.165, 1.54) is 0 Å². The minimum Gasteiger partial charge on any atom is -0.434 e. The second kappa shape index (κ2) is 6.16. The molecule has 2 aromatic rings. The van der Waals surface area contributed by atoms with Gasteiger partial charge in [0.05, 0.1) is 0 Å². The fourth-order valence-electron chi connectivity index (χ4n) is 3.39. The fraction of sp³-hybridized carbons (Fsp3) is 0.158. The van der Waals surface area contributed by atoms with Crippen LogP contribution in [0.15, 0.2) is 54.7 Å². The smallest absolute Gasteiger partial charge is 0.434 e. The molecule has 0 spiro atoms. The number of fused-ring (bicyclic) bond motifs is 1. The van der Waals surface area contributed by atoms with E-state index in [0.29, 0.717) is 17.8 Å². The topological polar surface area (TPSA) is 106 Å². The van der Waals surface area contributed by atoms with Gasteiger partial charge in [-0.2, -0.15) is 4.79 Å². The summed E-state index contributed by atoms with van der Waals surface area (Å²) in [7, 11) is 0. The Morgan fingerprint density at radius 1 is 1.08 bits per heavy atom. The number of nitrogens with zero attached hydrogens (tertiary/aromatic N) is 1. The first kappa shape index (κ1) is 16.9. The number of quaternary nitrogens is 1. The van der Waals surface area contributed by atoms with E-state index in [-0.39, 0.29) is 11.6 Å². The third-order valence-electron chi connectivity index (χ3n) is 4.37. The van der Waals surface area contributed by atoms with Crippen LogP contribution in [0.2, 0.25) is 0 Å². The van der Waals surface area contributed by atoms with Crippen LogP contribution in [-0.4, -0.2) is 23.1 Å². The first-order chi connectivity index (χ1) is 11.9. The molecule has 6 nitrogen and oxygen atoms in total. The molecule has 0 radical (unpaired) electrons. The molecule has 2 atom stereocenters. The van der Waals surface area contributed by atoms with Crippen molar-refractivity contribution in [1.29, 1.82) is 0 Å². The number of carboxylic acid groups (broad SMARTS) is 1. The van der Waals surface area contributed by atoms with Crippen LogP contribution in [0.3, 0.4) is 0 Å². The van der Waals surface area contributed by atoms with Crippen molar-refractivity contribution in [3.05, 3.63) is 65.9 Å². The molecule has 1 aliphatic heterocycles. The quantitative estimate of drug-likeness (QED) is 0.744. The highest BCUT2D eigenvalue weighted by molar-refractivity contribution is 6.07. The van der Waals surface area contributed by atoms with E-state index < -0.39 is 16.5 Å². The second-order valence-corrected chi connectivity index (χ2v) is 6.24. The van der Waals surface area contributed by atoms with Crippen LogP contribution in [0, 0.1) is 0 Å². The van der Waals surface area contributed by atoms with Gasteiger partial charge in [-0.05, 0) is 25.5 Å². The van der Waals surface area contributed by atoms with Gasteiger partial charge in [0, 0.05) is 29.3 Å². The molecule has 1 aliphatic rings. The Hall–Kier alpha value is -2.96. The van der Waals surface area contributed by atoms with Crippen molar-refractivity contribution in [2.45, 2.75) is 19.4 Å². The van der Waals surface area contributed by atoms with Gasteiger partial charge in [-0.3, -0.25) is 4.79 Å². The van der Waals surface area contributed by atoms with Crippen LogP contribution < -0.4 is 16.0 Å². The van der Waals surface area contributed by atoms with Gasteiger partial charge >= 0.3 is 6.09 Å². The molecule has 0 aliphatic carbocycles. The maximum atomic E-state index is 12.4. The Balaban J connectivity index is 2.35. The number of para-hydroxylation sites is 2. The summed E-state index contributed by atoms with van der Waals surface area (Å²) in [5.41, 5.74) is 14.2. The Labute approximate surface area is 145 Å². The minimum absolute atomic E-state index is 0.125. The Bertz CT molecular complexity index is 889. The van der Waals surface area contributed by atoms with Crippen LogP contribution in [0.1, 0.15) is 29.3 Å². The molecule has 0 saturated carbocycles. The number of hydrogen-bond acceptors (Lipinski definition) is 3. The molecule has 0 aromatic heterocycles. The van der Waals surface area contributed by atoms with E-state index in [0.717, 1.165) is 11.1 Å². The average Bonchev–Trinajstić information content (AvgIpc) is 2.90. The molecule has 0 fully saturated rings. The number of benzene rings is 2. The SMILES string of the molecule is C[C@@H](N)CC1=C[N+](C(=O)O)(c2ccccc2C(N)=O)c2ccccc21. The molecule has 2 aromatic carbocycles. The van der Waals surface area contributed by atoms with Crippen molar-refractivity contribution in [2.24, 2.45) is 11.5 Å². The highest BCUT2D eigenvalue weighted by Gasteiger charge is 2.49. The lowest BCUT2D eigenvalue weighted by Gasteiger charge is -2.26. The number of amides is 2. The molecule has 0 saturated heterocycles. The number of rotatable bonds is 4. The zero-order valence-electron chi connectivity index (χ0n) is 13.8. The maximum absolute atomic E-state index is 12.4. The number of hydrogen-bond donors (Lipinski definition) is 3. The zero-order chi connectivity index (χ0) is 18.2. The summed E-state index contributed by atoms with van der Waals surface area (Å²) < 4.78 is -0.600. The summed E-state index contributed by atoms with van der Waals surface area (Å²) in [5, 5.41) is 10.2. The molecule has 25 heavy (non-hydrogen) atoms. The van der Waals surface area contributed by atoms with Crippen molar-refractivity contribution in [3.8, 4) is 0 Å². The predicted molar refractivity (Wildman–Crippen MR) is 97.1 cm³/mol. The standard InChI is InChI=1S/C19H19N3O3/c1-12(20)10-13-11-22(19(24)25,16-8-4-2-6-14(13)16)17-9-5-3-7-15(17)18(21)23/h2-9,11-12H,10,20H2,1H3,(H2-,21,23,24,25)/p+1/t12-,22?/m1/s1. The van der Waals surface area contributed by atoms with Crippen molar-refractivity contribution < 1.29 is 14.7 Å². The van der Waals surface area contributed by atoms with E-state index in [1.54, 1.807) is 42.6 Å². The summed E-state index contributed by atoms with van der Waals surface area (Å²) in [4.78, 5) is 24.3. The highest BCUT2D eigenvalue weighted by atomic mass is 16.4. The third kappa shape index (κ3) is 2.61. The summed E-state index contributed by atoms with van der Waals surface area (Å²) in [5.74, 6) is -0.666. The molecule has 128 valence electrons. The van der Waals surface area contributed by atoms with Gasteiger partial charge in [-0.25, -0.2) is 0 Å². The van der Waals surface area contributed by atoms with Gasteiger partial charge in [-0.1, -0.05) is 24.3 Å². The summed E-state index contributed by atoms with van der Waals surface area (Å²) in [6.07, 6.45) is 1.07. The first-order valence-electron chi connectivity index (χ1n) is 7.97. The number of carbonyl (C=O) groups excluding carboxylic acids is 1. The fourth-order valence-corrected chi connectivity index (χ4v) is 3.39. The van der Waals surface area contributed by atoms with Gasteiger partial charge in [0.15, 0.2) is 11.4 Å². The zero-order valence-corrected chi connectivity index (χ0v) is 13.8. The molecule has 1 heterocycles. The molecular formula is C19H20N3O3+. The first-order valence-corrected chi connectivity index (χ1v) is 7.97. The van der Waals surface area contributed by atoms with Gasteiger partial charge in [0.1, 0.15) is 11.8 Å². The Morgan fingerprint density at radius 3 is 2.28 bits per heavy atom. The Morgan fingerprint density at radius 2 is 1.68 bits per heavy atom. The van der Waals surface area contributed by atoms with Crippen LogP contribution in [0.4, 0.5) is 16.2 Å². The maximum Gasteiger partial charge on any atom is 0.528 e. The number of primary amides is 1. The van der Waals surface area contributed by atoms with Crippen LogP contribution >= 0.6 is 0 Å². The van der Waals surface area contributed by atoms with Crippen molar-refractivity contribution in [3.63, 3.8) is 0 Å². The van der Waals surface area contributed by atoms with Crippen LogP contribution in [-0.2, 0) is 0 Å². The summed E-state index contributed by atoms with van der Waals surface area (Å²) in [6.45, 7) is 1.87. The number of carbonyl (C=O) groups is 2. The van der Waals surface area contributed by atoms with Crippen LogP contribution in [0.25, 0.3) is 5.57 Å². The van der Waals surface area contributed by atoms with Crippen molar-refractivity contribution in [1.82, 2.24) is 4.48 Å². The van der Waals surface area contributed by atoms with Crippen molar-refractivity contribution in [2.75, 3.05) is 0 Å². The van der Waals surface area contributed by atoms with E-state index in [1.807, 2.05) is 19.1 Å². The molecule has 6 heteroatoms.